The molecule has 2 aromatic rings. The van der Waals surface area contributed by atoms with Crippen LogP contribution in [0.1, 0.15) is 55.5 Å². The molecule has 0 spiro atoms. The largest absolute Gasteiger partial charge is 0.492 e. The Morgan fingerprint density at radius 2 is 1.80 bits per heavy atom. The highest BCUT2D eigenvalue weighted by atomic mass is 79.9. The smallest absolute Gasteiger partial charge is 0.343 e. The summed E-state index contributed by atoms with van der Waals surface area (Å²) in [5.74, 6) is 1.19. The molecule has 0 radical (unpaired) electrons. The van der Waals surface area contributed by atoms with E-state index in [9.17, 15) is 4.79 Å². The molecule has 0 amide bonds. The van der Waals surface area contributed by atoms with Crippen molar-refractivity contribution in [3.05, 3.63) is 56.5 Å². The van der Waals surface area contributed by atoms with Gasteiger partial charge >= 0.3 is 5.97 Å². The van der Waals surface area contributed by atoms with Gasteiger partial charge in [-0.15, -0.1) is 0 Å². The number of hydrogen-bond donors (Lipinski definition) is 0. The van der Waals surface area contributed by atoms with Gasteiger partial charge in [0.1, 0.15) is 11.5 Å². The van der Waals surface area contributed by atoms with Gasteiger partial charge in [-0.25, -0.2) is 4.79 Å². The Morgan fingerprint density at radius 1 is 1.08 bits per heavy atom. The first-order valence-corrected chi connectivity index (χ1v) is 9.95. The van der Waals surface area contributed by atoms with Crippen LogP contribution in [0, 0.1) is 0 Å². The van der Waals surface area contributed by atoms with Crippen molar-refractivity contribution in [1.82, 2.24) is 0 Å². The van der Waals surface area contributed by atoms with Gasteiger partial charge in [0.05, 0.1) is 16.6 Å². The molecule has 134 valence electrons. The Labute approximate surface area is 166 Å². The predicted molar refractivity (Wildman–Crippen MR) is 108 cm³/mol. The molecular formula is C20H22Br2O3. The van der Waals surface area contributed by atoms with Gasteiger partial charge in [-0.05, 0) is 70.2 Å². The molecule has 0 heterocycles. The molecule has 0 saturated carbocycles. The van der Waals surface area contributed by atoms with Crippen LogP contribution in [0.25, 0.3) is 0 Å². The van der Waals surface area contributed by atoms with Crippen molar-refractivity contribution < 1.29 is 14.3 Å². The molecule has 2 aromatic carbocycles. The van der Waals surface area contributed by atoms with Gasteiger partial charge in [-0.1, -0.05) is 43.1 Å². The first kappa shape index (κ1) is 20.0. The summed E-state index contributed by atoms with van der Waals surface area (Å²) in [6, 6.07) is 10.9. The van der Waals surface area contributed by atoms with Gasteiger partial charge in [0.25, 0.3) is 0 Å². The zero-order valence-corrected chi connectivity index (χ0v) is 17.8. The lowest BCUT2D eigenvalue weighted by Crippen LogP contribution is -2.10. The number of carbonyl (C=O) groups is 1. The lowest BCUT2D eigenvalue weighted by Gasteiger charge is -2.14. The fourth-order valence-corrected chi connectivity index (χ4v) is 3.17. The summed E-state index contributed by atoms with van der Waals surface area (Å²) in [5, 5.41) is 0. The standard InChI is InChI=1S/C20H22Br2O3/c1-4-5-10-24-19-8-6-14(11-17(19)22)20(23)25-18-9-7-15(21)12-16(18)13(2)3/h6-9,11-13H,4-5,10H2,1-3H3. The molecular weight excluding hydrogens is 448 g/mol. The lowest BCUT2D eigenvalue weighted by molar-refractivity contribution is 0.0732. The summed E-state index contributed by atoms with van der Waals surface area (Å²) in [4.78, 5) is 12.5. The van der Waals surface area contributed by atoms with E-state index >= 15 is 0 Å². The fraction of sp³-hybridized carbons (Fsp3) is 0.350. The SMILES string of the molecule is CCCCOc1ccc(C(=O)Oc2ccc(Br)cc2C(C)C)cc1Br. The van der Waals surface area contributed by atoms with Gasteiger partial charge in [0.15, 0.2) is 0 Å². The third-order valence-electron chi connectivity index (χ3n) is 3.72. The normalized spacial score (nSPS) is 10.8. The van der Waals surface area contributed by atoms with E-state index in [-0.39, 0.29) is 11.9 Å². The second-order valence-corrected chi connectivity index (χ2v) is 7.84. The third-order valence-corrected chi connectivity index (χ3v) is 4.83. The van der Waals surface area contributed by atoms with Crippen molar-refractivity contribution in [3.63, 3.8) is 0 Å². The van der Waals surface area contributed by atoms with Gasteiger partial charge in [-0.3, -0.25) is 0 Å². The molecule has 0 fully saturated rings. The number of rotatable bonds is 7. The maximum atomic E-state index is 12.5. The van der Waals surface area contributed by atoms with Gasteiger partial charge in [-0.2, -0.15) is 0 Å². The number of benzene rings is 2. The van der Waals surface area contributed by atoms with Gasteiger partial charge in [0.2, 0.25) is 0 Å². The third kappa shape index (κ3) is 5.58. The topological polar surface area (TPSA) is 35.5 Å². The lowest BCUT2D eigenvalue weighted by atomic mass is 10.0. The first-order chi connectivity index (χ1) is 11.9. The van der Waals surface area contributed by atoms with Crippen LogP contribution in [0.15, 0.2) is 45.3 Å². The summed E-state index contributed by atoms with van der Waals surface area (Å²) in [5.41, 5.74) is 1.47. The predicted octanol–water partition coefficient (Wildman–Crippen LogP) is 6.73. The minimum atomic E-state index is -0.384. The number of ether oxygens (including phenoxy) is 2. The average Bonchev–Trinajstić information content (AvgIpc) is 2.57. The van der Waals surface area contributed by atoms with Crippen LogP contribution in [-0.4, -0.2) is 12.6 Å². The second kappa shape index (κ2) is 9.39. The molecule has 0 aliphatic carbocycles. The van der Waals surface area contributed by atoms with Crippen LogP contribution in [0.5, 0.6) is 11.5 Å². The summed E-state index contributed by atoms with van der Waals surface area (Å²) in [6.45, 7) is 6.91. The summed E-state index contributed by atoms with van der Waals surface area (Å²) >= 11 is 6.92. The molecule has 0 aromatic heterocycles. The van der Waals surface area contributed by atoms with Crippen LogP contribution >= 0.6 is 31.9 Å². The number of unbranched alkanes of at least 4 members (excludes halogenated alkanes) is 1. The monoisotopic (exact) mass is 468 g/mol. The number of hydrogen-bond acceptors (Lipinski definition) is 3. The van der Waals surface area contributed by atoms with E-state index in [4.69, 9.17) is 9.47 Å². The molecule has 0 unspecified atom stereocenters. The number of halogens is 2. The Bertz CT molecular complexity index is 742. The molecule has 0 saturated heterocycles. The van der Waals surface area contributed by atoms with Crippen LogP contribution in [0.2, 0.25) is 0 Å². The molecule has 0 aliphatic heterocycles. The number of esters is 1. The Balaban J connectivity index is 2.15. The van der Waals surface area contributed by atoms with Crippen molar-refractivity contribution >= 4 is 37.8 Å². The van der Waals surface area contributed by atoms with Gasteiger partial charge in [0, 0.05) is 4.47 Å². The molecule has 5 heteroatoms. The Hall–Kier alpha value is -1.33. The van der Waals surface area contributed by atoms with Crippen molar-refractivity contribution in [2.24, 2.45) is 0 Å². The summed E-state index contributed by atoms with van der Waals surface area (Å²) < 4.78 is 13.0. The minimum Gasteiger partial charge on any atom is -0.492 e. The van der Waals surface area contributed by atoms with Crippen molar-refractivity contribution in [2.45, 2.75) is 39.5 Å². The van der Waals surface area contributed by atoms with Crippen molar-refractivity contribution in [2.75, 3.05) is 6.61 Å². The van der Waals surface area contributed by atoms with Gasteiger partial charge < -0.3 is 9.47 Å². The Kier molecular flexibility index (Phi) is 7.51. The average molecular weight is 470 g/mol. The highest BCUT2D eigenvalue weighted by molar-refractivity contribution is 9.10. The molecule has 0 atom stereocenters. The molecule has 0 aliphatic rings. The molecule has 0 bridgehead atoms. The van der Waals surface area contributed by atoms with Crippen molar-refractivity contribution in [1.29, 1.82) is 0 Å². The van der Waals surface area contributed by atoms with Crippen LogP contribution in [-0.2, 0) is 0 Å². The van der Waals surface area contributed by atoms with E-state index in [0.29, 0.717) is 17.9 Å². The maximum absolute atomic E-state index is 12.5. The van der Waals surface area contributed by atoms with E-state index in [0.717, 1.165) is 33.1 Å². The maximum Gasteiger partial charge on any atom is 0.343 e. The quantitative estimate of drug-likeness (QED) is 0.256. The fourth-order valence-electron chi connectivity index (χ4n) is 2.29. The van der Waals surface area contributed by atoms with Crippen LogP contribution < -0.4 is 9.47 Å². The van der Waals surface area contributed by atoms with E-state index in [1.54, 1.807) is 18.2 Å². The number of carbonyl (C=O) groups excluding carboxylic acids is 1. The minimum absolute atomic E-state index is 0.251. The molecule has 2 rings (SSSR count). The van der Waals surface area contributed by atoms with E-state index in [1.165, 1.54) is 0 Å². The first-order valence-electron chi connectivity index (χ1n) is 8.36. The molecule has 0 N–H and O–H groups in total. The van der Waals surface area contributed by atoms with Crippen LogP contribution in [0.3, 0.4) is 0 Å². The highest BCUT2D eigenvalue weighted by Crippen LogP contribution is 2.31. The van der Waals surface area contributed by atoms with E-state index < -0.39 is 0 Å². The highest BCUT2D eigenvalue weighted by Gasteiger charge is 2.15. The molecule has 3 nitrogen and oxygen atoms in total. The van der Waals surface area contributed by atoms with Crippen molar-refractivity contribution in [3.8, 4) is 11.5 Å². The van der Waals surface area contributed by atoms with E-state index in [2.05, 4.69) is 52.6 Å². The summed E-state index contributed by atoms with van der Waals surface area (Å²) in [7, 11) is 0. The molecule has 25 heavy (non-hydrogen) atoms. The second-order valence-electron chi connectivity index (χ2n) is 6.07. The zero-order valence-electron chi connectivity index (χ0n) is 14.6. The van der Waals surface area contributed by atoms with E-state index in [1.807, 2.05) is 18.2 Å². The Morgan fingerprint density at radius 3 is 2.44 bits per heavy atom. The summed E-state index contributed by atoms with van der Waals surface area (Å²) in [6.07, 6.45) is 2.07. The van der Waals surface area contributed by atoms with Crippen LogP contribution in [0.4, 0.5) is 0 Å². The zero-order chi connectivity index (χ0) is 18.4.